The molecule has 0 amide bonds. The summed E-state index contributed by atoms with van der Waals surface area (Å²) in [4.78, 5) is 0. The van der Waals surface area contributed by atoms with Crippen LogP contribution in [0.4, 0.5) is 0 Å². The lowest BCUT2D eigenvalue weighted by atomic mass is 16.0. The topological polar surface area (TPSA) is 17.1 Å². The molecule has 0 heterocycles. The Labute approximate surface area is 63.5 Å². The molecule has 6 heteroatoms. The maximum absolute atomic E-state index is 8.28. The minimum Gasteiger partial charge on any atom is -0.333 e. The van der Waals surface area contributed by atoms with Gasteiger partial charge < -0.3 is 4.57 Å². The first-order valence-electron chi connectivity index (χ1n) is 0.289. The second-order valence-corrected chi connectivity index (χ2v) is 0. The highest BCUT2D eigenvalue weighted by atomic mass is 35.5. The third kappa shape index (κ3) is 53.8. The van der Waals surface area contributed by atoms with Gasteiger partial charge in [0.2, 0.25) is 0 Å². The highest BCUT2D eigenvalue weighted by molar-refractivity contribution is 7.00. The fraction of sp³-hybridized carbons (Fsp3) is 0. The Morgan fingerprint density at radius 1 is 0.667 bits per heavy atom. The van der Waals surface area contributed by atoms with Crippen LogP contribution in [0.15, 0.2) is 0 Å². The molecular weight excluding hydrogens is 189 g/mol. The summed E-state index contributed by atoms with van der Waals surface area (Å²) in [6.07, 6.45) is 0. The van der Waals surface area contributed by atoms with E-state index in [-0.39, 0.29) is 49.6 Å². The fourth-order valence-corrected chi connectivity index (χ4v) is 0. The van der Waals surface area contributed by atoms with Crippen molar-refractivity contribution in [3.8, 4) is 0 Å². The van der Waals surface area contributed by atoms with Gasteiger partial charge in [0, 0.05) is 0 Å². The molecule has 46 valence electrons. The van der Waals surface area contributed by atoms with Gasteiger partial charge >= 0.3 is 0 Å². The van der Waals surface area contributed by atoms with Gasteiger partial charge in [0.15, 0.2) is 0 Å². The third-order valence-corrected chi connectivity index (χ3v) is 0. The van der Waals surface area contributed by atoms with Gasteiger partial charge in [-0.2, -0.15) is 0 Å². The van der Waals surface area contributed by atoms with Crippen molar-refractivity contribution in [3.05, 3.63) is 0 Å². The Hall–Kier alpha value is 1.39. The molecule has 6 heavy (non-hydrogen) atoms. The highest BCUT2D eigenvalue weighted by Gasteiger charge is 0.593. The summed E-state index contributed by atoms with van der Waals surface area (Å²) < 4.78 is 8.28. The number of hydrogen-bond acceptors (Lipinski definition) is 1. The molecule has 0 spiro atoms. The van der Waals surface area contributed by atoms with Crippen LogP contribution in [0.5, 0.6) is 0 Å². The van der Waals surface area contributed by atoms with Crippen LogP contribution in [-0.4, -0.2) is 0 Å². The van der Waals surface area contributed by atoms with Crippen LogP contribution in [0.3, 0.4) is 0 Å². The van der Waals surface area contributed by atoms with Gasteiger partial charge in [-0.3, -0.25) is 0 Å². The van der Waals surface area contributed by atoms with Crippen molar-refractivity contribution >= 4 is 58.7 Å². The van der Waals surface area contributed by atoms with Gasteiger partial charge in [-0.1, -0.05) is 0 Å². The van der Waals surface area contributed by atoms with Crippen LogP contribution in [0, 0.1) is 0 Å². The molecule has 0 radical (unpaired) electrons. The molecule has 0 saturated carbocycles. The lowest BCUT2D eigenvalue weighted by Gasteiger charge is -0.873. The SMILES string of the molecule is Cl.Cl.Cl.Cl.O=[PH3]. The minimum absolute atomic E-state index is 0. The Kier molecular flexibility index (Phi) is 846. The summed E-state index contributed by atoms with van der Waals surface area (Å²) >= 11 is 0. The van der Waals surface area contributed by atoms with E-state index in [9.17, 15) is 0 Å². The smallest absolute Gasteiger partial charge is 0.0527 e. The van der Waals surface area contributed by atoms with E-state index < -0.39 is 0 Å². The molecule has 0 rings (SSSR count). The van der Waals surface area contributed by atoms with Crippen molar-refractivity contribution in [2.24, 2.45) is 0 Å². The molecule has 0 aliphatic heterocycles. The van der Waals surface area contributed by atoms with E-state index >= 15 is 0 Å². The average molecular weight is 196 g/mol. The normalized spacial score (nSPS) is 1.33. The maximum Gasteiger partial charge on any atom is 0.0527 e. The number of halogens is 4. The van der Waals surface area contributed by atoms with E-state index in [1.807, 2.05) is 0 Å². The van der Waals surface area contributed by atoms with E-state index in [2.05, 4.69) is 0 Å². The molecule has 1 unspecified atom stereocenters. The Balaban J connectivity index is -0.000000000833. The molecule has 0 aliphatic carbocycles. The van der Waals surface area contributed by atoms with Gasteiger partial charge in [-0.05, 0) is 0 Å². The Morgan fingerprint density at radius 3 is 0.667 bits per heavy atom. The van der Waals surface area contributed by atoms with Crippen molar-refractivity contribution < 1.29 is 4.57 Å². The predicted octanol–water partition coefficient (Wildman–Crippen LogP) is 1.63. The van der Waals surface area contributed by atoms with Crippen molar-refractivity contribution in [1.29, 1.82) is 0 Å². The second-order valence-electron chi connectivity index (χ2n) is 0. The lowest BCUT2D eigenvalue weighted by molar-refractivity contribution is 0.607. The molecule has 0 N–H and O–H groups in total. The van der Waals surface area contributed by atoms with Crippen molar-refractivity contribution in [3.63, 3.8) is 0 Å². The molecule has 0 aliphatic rings. The fourth-order valence-electron chi connectivity index (χ4n) is 0. The van der Waals surface area contributed by atoms with Crippen LogP contribution in [-0.2, 0) is 4.57 Å². The zero-order valence-corrected chi connectivity index (χ0v) is 7.43. The van der Waals surface area contributed by atoms with Crippen LogP contribution >= 0.6 is 58.7 Å². The van der Waals surface area contributed by atoms with E-state index in [4.69, 9.17) is 4.57 Å². The zero-order valence-electron chi connectivity index (χ0n) is 2.75. The number of hydrogen-bond donors (Lipinski definition) is 0. The highest BCUT2D eigenvalue weighted by Crippen LogP contribution is 1.23. The molecule has 0 fully saturated rings. The van der Waals surface area contributed by atoms with E-state index in [1.54, 1.807) is 0 Å². The zero-order chi connectivity index (χ0) is 2.00. The van der Waals surface area contributed by atoms with E-state index in [1.165, 1.54) is 0 Å². The van der Waals surface area contributed by atoms with Crippen molar-refractivity contribution in [1.82, 2.24) is 0 Å². The minimum atomic E-state index is 0. The van der Waals surface area contributed by atoms with Gasteiger partial charge in [-0.25, -0.2) is 0 Å². The number of rotatable bonds is 0. The monoisotopic (exact) mass is 194 g/mol. The van der Waals surface area contributed by atoms with Crippen LogP contribution in [0.1, 0.15) is 0 Å². The first kappa shape index (κ1) is 52.8. The predicted molar refractivity (Wildman–Crippen MR) is 40.8 cm³/mol. The van der Waals surface area contributed by atoms with E-state index in [0.29, 0.717) is 9.12 Å². The third-order valence-electron chi connectivity index (χ3n) is 0. The van der Waals surface area contributed by atoms with Gasteiger partial charge in [-0.15, -0.1) is 49.6 Å². The summed E-state index contributed by atoms with van der Waals surface area (Å²) in [5.41, 5.74) is 0. The second kappa shape index (κ2) is 96.1. The van der Waals surface area contributed by atoms with Gasteiger partial charge in [0.05, 0.1) is 9.12 Å². The molecular formula is H7Cl4OP. The molecule has 0 aromatic rings. The first-order valence-corrected chi connectivity index (χ1v) is 0.866. The van der Waals surface area contributed by atoms with Crippen molar-refractivity contribution in [2.75, 3.05) is 0 Å². The molecule has 0 aromatic carbocycles. The largest absolute Gasteiger partial charge is 0.333 e. The van der Waals surface area contributed by atoms with Crippen LogP contribution < -0.4 is 0 Å². The summed E-state index contributed by atoms with van der Waals surface area (Å²) in [6, 6.07) is 0. The summed E-state index contributed by atoms with van der Waals surface area (Å²) in [7, 11) is 0.611. The molecule has 1 atom stereocenters. The van der Waals surface area contributed by atoms with Crippen LogP contribution in [0.25, 0.3) is 0 Å². The van der Waals surface area contributed by atoms with Gasteiger partial charge in [0.25, 0.3) is 0 Å². The maximum atomic E-state index is 8.28. The quantitative estimate of drug-likeness (QED) is 0.538. The first-order chi connectivity index (χ1) is 1.00. The molecule has 0 bridgehead atoms. The standard InChI is InChI=1S/4ClH.H3OP/c;;;;1-2/h4*1H;2H3. The molecule has 1 nitrogen and oxygen atoms in total. The van der Waals surface area contributed by atoms with E-state index in [0.717, 1.165) is 0 Å². The average Bonchev–Trinajstić information content (AvgIpc) is 1.00. The van der Waals surface area contributed by atoms with Gasteiger partial charge in [0.1, 0.15) is 0 Å². The summed E-state index contributed by atoms with van der Waals surface area (Å²) in [5, 5.41) is 0. The van der Waals surface area contributed by atoms with Crippen molar-refractivity contribution in [2.45, 2.75) is 0 Å². The molecule has 0 saturated heterocycles. The summed E-state index contributed by atoms with van der Waals surface area (Å²) in [5.74, 6) is 0. The Morgan fingerprint density at radius 2 is 0.667 bits per heavy atom. The lowest BCUT2D eigenvalue weighted by Crippen LogP contribution is -0.489. The van der Waals surface area contributed by atoms with Crippen LogP contribution in [0.2, 0.25) is 0 Å². The molecule has 0 aromatic heterocycles. The Bertz CT molecular complexity index is 7.51. The summed E-state index contributed by atoms with van der Waals surface area (Å²) in [6.45, 7) is 0.